The van der Waals surface area contributed by atoms with Gasteiger partial charge in [-0.1, -0.05) is 19.9 Å². The Hall–Kier alpha value is -1.91. The van der Waals surface area contributed by atoms with Crippen molar-refractivity contribution in [1.82, 2.24) is 5.32 Å². The maximum Gasteiger partial charge on any atom is 0.229 e. The smallest absolute Gasteiger partial charge is 0.229 e. The van der Waals surface area contributed by atoms with Crippen LogP contribution in [0, 0.1) is 11.7 Å². The molecule has 1 N–H and O–H groups in total. The second kappa shape index (κ2) is 6.70. The second-order valence-electron chi connectivity index (χ2n) is 5.41. The van der Waals surface area contributed by atoms with Crippen LogP contribution in [0.4, 0.5) is 10.1 Å². The standard InChI is InChI=1S/C16H21FN2O2/c1-3-11(4-2)16(21)18-13-9-15(20)19(10-13)14-7-5-6-12(17)8-14/h5-8,11,13H,3-4,9-10H2,1-2H3,(H,18,21)/t13-/m0/s1. The summed E-state index contributed by atoms with van der Waals surface area (Å²) in [6.07, 6.45) is 1.84. The molecule has 0 bridgehead atoms. The minimum atomic E-state index is -0.371. The van der Waals surface area contributed by atoms with Crippen molar-refractivity contribution in [3.05, 3.63) is 30.1 Å². The predicted molar refractivity (Wildman–Crippen MR) is 79.4 cm³/mol. The van der Waals surface area contributed by atoms with E-state index < -0.39 is 0 Å². The molecule has 0 unspecified atom stereocenters. The maximum absolute atomic E-state index is 13.2. The number of carbonyl (C=O) groups excluding carboxylic acids is 2. The number of hydrogen-bond acceptors (Lipinski definition) is 2. The summed E-state index contributed by atoms with van der Waals surface area (Å²) in [7, 11) is 0. The maximum atomic E-state index is 13.2. The van der Waals surface area contributed by atoms with Crippen molar-refractivity contribution >= 4 is 17.5 Å². The molecule has 1 aliphatic heterocycles. The number of nitrogens with one attached hydrogen (secondary N) is 1. The molecule has 1 saturated heterocycles. The Labute approximate surface area is 124 Å². The van der Waals surface area contributed by atoms with Crippen LogP contribution < -0.4 is 10.2 Å². The first kappa shape index (κ1) is 15.5. The van der Waals surface area contributed by atoms with Crippen LogP contribution in [0.25, 0.3) is 0 Å². The fourth-order valence-electron chi connectivity index (χ4n) is 2.68. The Morgan fingerprint density at radius 2 is 2.14 bits per heavy atom. The molecule has 21 heavy (non-hydrogen) atoms. The molecule has 0 aromatic heterocycles. The average Bonchev–Trinajstić information content (AvgIpc) is 2.81. The van der Waals surface area contributed by atoms with E-state index in [4.69, 9.17) is 0 Å². The van der Waals surface area contributed by atoms with Gasteiger partial charge in [-0.2, -0.15) is 0 Å². The van der Waals surface area contributed by atoms with Gasteiger partial charge in [0.15, 0.2) is 0 Å². The van der Waals surface area contributed by atoms with Crippen molar-refractivity contribution in [2.24, 2.45) is 5.92 Å². The molecule has 114 valence electrons. The Bertz CT molecular complexity index is 529. The molecule has 4 nitrogen and oxygen atoms in total. The van der Waals surface area contributed by atoms with E-state index in [-0.39, 0.29) is 36.0 Å². The summed E-state index contributed by atoms with van der Waals surface area (Å²) < 4.78 is 13.2. The highest BCUT2D eigenvalue weighted by Crippen LogP contribution is 2.22. The van der Waals surface area contributed by atoms with E-state index in [1.165, 1.54) is 17.0 Å². The molecule has 0 radical (unpaired) electrons. The third-order valence-corrected chi connectivity index (χ3v) is 3.95. The van der Waals surface area contributed by atoms with Gasteiger partial charge in [-0.15, -0.1) is 0 Å². The van der Waals surface area contributed by atoms with Crippen molar-refractivity contribution < 1.29 is 14.0 Å². The van der Waals surface area contributed by atoms with Crippen LogP contribution in [-0.2, 0) is 9.59 Å². The number of nitrogens with zero attached hydrogens (tertiary/aromatic N) is 1. The number of carbonyl (C=O) groups is 2. The quantitative estimate of drug-likeness (QED) is 0.906. The van der Waals surface area contributed by atoms with E-state index in [1.807, 2.05) is 13.8 Å². The number of hydrogen-bond donors (Lipinski definition) is 1. The summed E-state index contributed by atoms with van der Waals surface area (Å²) >= 11 is 0. The highest BCUT2D eigenvalue weighted by atomic mass is 19.1. The van der Waals surface area contributed by atoms with E-state index in [1.54, 1.807) is 12.1 Å². The molecule has 1 aliphatic rings. The molecule has 1 aromatic carbocycles. The number of rotatable bonds is 5. The molecule has 1 fully saturated rings. The van der Waals surface area contributed by atoms with E-state index in [0.717, 1.165) is 12.8 Å². The monoisotopic (exact) mass is 292 g/mol. The van der Waals surface area contributed by atoms with Crippen molar-refractivity contribution in [3.8, 4) is 0 Å². The molecule has 1 atom stereocenters. The molecular weight excluding hydrogens is 271 g/mol. The van der Waals surface area contributed by atoms with E-state index >= 15 is 0 Å². The third kappa shape index (κ3) is 3.60. The zero-order valence-corrected chi connectivity index (χ0v) is 12.4. The van der Waals surface area contributed by atoms with Crippen molar-refractivity contribution in [3.63, 3.8) is 0 Å². The lowest BCUT2D eigenvalue weighted by Gasteiger charge is -2.19. The van der Waals surface area contributed by atoms with Gasteiger partial charge in [0.25, 0.3) is 0 Å². The molecule has 2 amide bonds. The van der Waals surface area contributed by atoms with Crippen molar-refractivity contribution in [2.45, 2.75) is 39.2 Å². The van der Waals surface area contributed by atoms with Gasteiger partial charge >= 0.3 is 0 Å². The lowest BCUT2D eigenvalue weighted by Crippen LogP contribution is -2.40. The van der Waals surface area contributed by atoms with E-state index in [9.17, 15) is 14.0 Å². The molecule has 1 heterocycles. The molecule has 1 aromatic rings. The fourth-order valence-corrected chi connectivity index (χ4v) is 2.68. The van der Waals surface area contributed by atoms with Gasteiger partial charge in [0, 0.05) is 24.6 Å². The van der Waals surface area contributed by atoms with Crippen LogP contribution in [-0.4, -0.2) is 24.4 Å². The van der Waals surface area contributed by atoms with Gasteiger partial charge in [-0.25, -0.2) is 4.39 Å². The van der Waals surface area contributed by atoms with Gasteiger partial charge < -0.3 is 10.2 Å². The minimum absolute atomic E-state index is 0.00103. The van der Waals surface area contributed by atoms with Gasteiger partial charge in [0.05, 0.1) is 6.04 Å². The van der Waals surface area contributed by atoms with Crippen LogP contribution in [0.1, 0.15) is 33.1 Å². The zero-order valence-electron chi connectivity index (χ0n) is 12.4. The van der Waals surface area contributed by atoms with E-state index in [0.29, 0.717) is 12.2 Å². The third-order valence-electron chi connectivity index (χ3n) is 3.95. The summed E-state index contributed by atoms with van der Waals surface area (Å²) in [5, 5.41) is 2.93. The predicted octanol–water partition coefficient (Wildman–Crippen LogP) is 2.48. The number of benzene rings is 1. The summed E-state index contributed by atoms with van der Waals surface area (Å²) in [6.45, 7) is 4.35. The number of anilines is 1. The van der Waals surface area contributed by atoms with Crippen molar-refractivity contribution in [2.75, 3.05) is 11.4 Å². The first-order chi connectivity index (χ1) is 10.0. The fraction of sp³-hybridized carbons (Fsp3) is 0.500. The molecule has 0 aliphatic carbocycles. The summed E-state index contributed by atoms with van der Waals surface area (Å²) in [5.41, 5.74) is 0.541. The SMILES string of the molecule is CCC(CC)C(=O)N[C@H]1CC(=O)N(c2cccc(F)c2)C1. The molecule has 0 saturated carbocycles. The topological polar surface area (TPSA) is 49.4 Å². The van der Waals surface area contributed by atoms with Crippen molar-refractivity contribution in [1.29, 1.82) is 0 Å². The van der Waals surface area contributed by atoms with Gasteiger partial charge in [0.2, 0.25) is 11.8 Å². The average molecular weight is 292 g/mol. The van der Waals surface area contributed by atoms with Gasteiger partial charge in [-0.3, -0.25) is 9.59 Å². The lowest BCUT2D eigenvalue weighted by molar-refractivity contribution is -0.125. The molecule has 5 heteroatoms. The van der Waals surface area contributed by atoms with Crippen LogP contribution >= 0.6 is 0 Å². The number of amides is 2. The van der Waals surface area contributed by atoms with Crippen LogP contribution in [0.2, 0.25) is 0 Å². The largest absolute Gasteiger partial charge is 0.351 e. The summed E-state index contributed by atoms with van der Waals surface area (Å²) in [5.74, 6) is -0.470. The molecular formula is C16H21FN2O2. The van der Waals surface area contributed by atoms with Crippen LogP contribution in [0.3, 0.4) is 0 Å². The lowest BCUT2D eigenvalue weighted by atomic mass is 10.0. The van der Waals surface area contributed by atoms with Crippen LogP contribution in [0.5, 0.6) is 0 Å². The van der Waals surface area contributed by atoms with Gasteiger partial charge in [-0.05, 0) is 31.0 Å². The van der Waals surface area contributed by atoms with Crippen LogP contribution in [0.15, 0.2) is 24.3 Å². The zero-order chi connectivity index (χ0) is 15.4. The Morgan fingerprint density at radius 1 is 1.43 bits per heavy atom. The molecule has 2 rings (SSSR count). The molecule has 0 spiro atoms. The first-order valence-electron chi connectivity index (χ1n) is 7.41. The first-order valence-corrected chi connectivity index (χ1v) is 7.41. The summed E-state index contributed by atoms with van der Waals surface area (Å²) in [4.78, 5) is 25.6. The minimum Gasteiger partial charge on any atom is -0.351 e. The van der Waals surface area contributed by atoms with E-state index in [2.05, 4.69) is 5.32 Å². The summed E-state index contributed by atoms with van der Waals surface area (Å²) in [6, 6.07) is 5.76. The van der Waals surface area contributed by atoms with Gasteiger partial charge in [0.1, 0.15) is 5.82 Å². The highest BCUT2D eigenvalue weighted by Gasteiger charge is 2.32. The Morgan fingerprint density at radius 3 is 2.76 bits per heavy atom. The Balaban J connectivity index is 2.01. The normalized spacial score (nSPS) is 18.4. The second-order valence-corrected chi connectivity index (χ2v) is 5.41. The highest BCUT2D eigenvalue weighted by molar-refractivity contribution is 5.96. The Kier molecular flexibility index (Phi) is 4.94. The number of halogens is 1.